The summed E-state index contributed by atoms with van der Waals surface area (Å²) in [5.41, 5.74) is 6.41. The minimum Gasteiger partial charge on any atom is -0.370 e. The third-order valence-corrected chi connectivity index (χ3v) is 5.17. The molecular weight excluding hydrogens is 262 g/mol. The molecule has 124 valence electrons. The number of rotatable bonds is 4. The van der Waals surface area contributed by atoms with Crippen LogP contribution in [0.4, 0.5) is 0 Å². The van der Waals surface area contributed by atoms with Crippen LogP contribution in [-0.4, -0.2) is 66.3 Å². The van der Waals surface area contributed by atoms with Gasteiger partial charge in [-0.15, -0.1) is 0 Å². The maximum Gasteiger partial charge on any atom is 0.0757 e. The molecule has 4 heteroatoms. The minimum atomic E-state index is -0.0603. The largest absolute Gasteiger partial charge is 0.370 e. The quantitative estimate of drug-likeness (QED) is 0.862. The maximum atomic E-state index is 6.29. The predicted molar refractivity (Wildman–Crippen MR) is 88.6 cm³/mol. The van der Waals surface area contributed by atoms with Crippen LogP contribution in [0.5, 0.6) is 0 Å². The van der Waals surface area contributed by atoms with E-state index in [9.17, 15) is 0 Å². The van der Waals surface area contributed by atoms with Crippen molar-refractivity contribution >= 4 is 0 Å². The fraction of sp³-hybridized carbons (Fsp3) is 1.00. The lowest BCUT2D eigenvalue weighted by Crippen LogP contribution is -2.63. The van der Waals surface area contributed by atoms with Crippen LogP contribution in [0, 0.1) is 0 Å². The normalized spacial score (nSPS) is 35.6. The van der Waals surface area contributed by atoms with Gasteiger partial charge in [-0.05, 0) is 66.1 Å². The van der Waals surface area contributed by atoms with Crippen molar-refractivity contribution in [2.75, 3.05) is 39.3 Å². The van der Waals surface area contributed by atoms with Crippen molar-refractivity contribution < 1.29 is 4.74 Å². The second-order valence-electron chi connectivity index (χ2n) is 7.69. The van der Waals surface area contributed by atoms with E-state index in [-0.39, 0.29) is 11.1 Å². The number of ether oxygens (including phenoxy) is 1. The molecular formula is C17H35N3O. The van der Waals surface area contributed by atoms with Gasteiger partial charge in [0.2, 0.25) is 0 Å². The summed E-state index contributed by atoms with van der Waals surface area (Å²) < 4.78 is 6.08. The van der Waals surface area contributed by atoms with Crippen molar-refractivity contribution in [2.45, 2.75) is 70.6 Å². The third kappa shape index (κ3) is 4.19. The van der Waals surface area contributed by atoms with Crippen LogP contribution in [0.3, 0.4) is 0 Å². The lowest BCUT2D eigenvalue weighted by atomic mass is 9.86. The lowest BCUT2D eigenvalue weighted by molar-refractivity contribution is -0.154. The smallest absolute Gasteiger partial charge is 0.0757 e. The fourth-order valence-corrected chi connectivity index (χ4v) is 4.24. The molecule has 4 nitrogen and oxygen atoms in total. The first-order valence-corrected chi connectivity index (χ1v) is 8.76. The van der Waals surface area contributed by atoms with Crippen molar-refractivity contribution in [1.29, 1.82) is 0 Å². The van der Waals surface area contributed by atoms with Crippen molar-refractivity contribution in [3.63, 3.8) is 0 Å². The summed E-state index contributed by atoms with van der Waals surface area (Å²) in [5, 5.41) is 0. The Balaban J connectivity index is 2.09. The third-order valence-electron chi connectivity index (χ3n) is 5.17. The van der Waals surface area contributed by atoms with Gasteiger partial charge in [0.05, 0.1) is 11.7 Å². The van der Waals surface area contributed by atoms with Gasteiger partial charge < -0.3 is 15.4 Å². The number of morpholine rings is 1. The SMILES string of the molecule is CCCN1CCCC(CN)(N2CC(C)OC(C)(C)C2)CC1. The fourth-order valence-electron chi connectivity index (χ4n) is 4.24. The van der Waals surface area contributed by atoms with Crippen molar-refractivity contribution in [1.82, 2.24) is 9.80 Å². The zero-order valence-electron chi connectivity index (χ0n) is 14.5. The molecule has 0 aromatic rings. The van der Waals surface area contributed by atoms with E-state index in [0.717, 1.165) is 19.6 Å². The van der Waals surface area contributed by atoms with E-state index in [1.807, 2.05) is 0 Å². The van der Waals surface area contributed by atoms with Gasteiger partial charge in [0.1, 0.15) is 0 Å². The Hall–Kier alpha value is -0.160. The van der Waals surface area contributed by atoms with Gasteiger partial charge in [-0.25, -0.2) is 0 Å². The predicted octanol–water partition coefficient (Wildman–Crippen LogP) is 2.08. The van der Waals surface area contributed by atoms with Gasteiger partial charge >= 0.3 is 0 Å². The molecule has 0 aliphatic carbocycles. The number of nitrogens with two attached hydrogens (primary N) is 1. The molecule has 2 saturated heterocycles. The molecule has 0 aromatic heterocycles. The molecule has 0 amide bonds. The Kier molecular flexibility index (Phi) is 5.69. The van der Waals surface area contributed by atoms with Crippen molar-refractivity contribution in [2.24, 2.45) is 5.73 Å². The summed E-state index contributed by atoms with van der Waals surface area (Å²) in [6, 6.07) is 0. The Morgan fingerprint density at radius 3 is 2.62 bits per heavy atom. The Morgan fingerprint density at radius 2 is 2.00 bits per heavy atom. The first-order valence-electron chi connectivity index (χ1n) is 8.76. The summed E-state index contributed by atoms with van der Waals surface area (Å²) in [6.45, 7) is 15.3. The topological polar surface area (TPSA) is 41.7 Å². The molecule has 0 radical (unpaired) electrons. The Labute approximate surface area is 131 Å². The van der Waals surface area contributed by atoms with Crippen LogP contribution < -0.4 is 5.73 Å². The highest BCUT2D eigenvalue weighted by Gasteiger charge is 2.43. The molecule has 0 saturated carbocycles. The van der Waals surface area contributed by atoms with E-state index in [1.54, 1.807) is 0 Å². The first kappa shape index (κ1) is 17.2. The molecule has 0 bridgehead atoms. The highest BCUT2D eigenvalue weighted by atomic mass is 16.5. The average molecular weight is 297 g/mol. The zero-order chi connectivity index (χ0) is 15.5. The lowest BCUT2D eigenvalue weighted by Gasteiger charge is -2.51. The standard InChI is InChI=1S/C17H35N3O/c1-5-9-19-10-6-7-17(13-18,8-11-19)20-12-15(2)21-16(3,4)14-20/h15H,5-14,18H2,1-4H3. The van der Waals surface area contributed by atoms with Crippen LogP contribution in [-0.2, 0) is 4.74 Å². The maximum absolute atomic E-state index is 6.29. The molecule has 2 heterocycles. The van der Waals surface area contributed by atoms with Crippen LogP contribution in [0.25, 0.3) is 0 Å². The molecule has 2 atom stereocenters. The second-order valence-corrected chi connectivity index (χ2v) is 7.69. The first-order chi connectivity index (χ1) is 9.91. The van der Waals surface area contributed by atoms with E-state index >= 15 is 0 Å². The van der Waals surface area contributed by atoms with Crippen LogP contribution in [0.2, 0.25) is 0 Å². The van der Waals surface area contributed by atoms with Crippen molar-refractivity contribution in [3.05, 3.63) is 0 Å². The van der Waals surface area contributed by atoms with Crippen LogP contribution in [0.1, 0.15) is 53.4 Å². The molecule has 2 N–H and O–H groups in total. The number of nitrogens with zero attached hydrogens (tertiary/aromatic N) is 2. The molecule has 21 heavy (non-hydrogen) atoms. The van der Waals surface area contributed by atoms with Crippen molar-refractivity contribution in [3.8, 4) is 0 Å². The number of hydrogen-bond donors (Lipinski definition) is 1. The molecule has 2 unspecified atom stereocenters. The molecule has 0 aromatic carbocycles. The summed E-state index contributed by atoms with van der Waals surface area (Å²) >= 11 is 0. The second kappa shape index (κ2) is 6.95. The van der Waals surface area contributed by atoms with Gasteiger partial charge in [0.25, 0.3) is 0 Å². The van der Waals surface area contributed by atoms with E-state index in [1.165, 1.54) is 45.3 Å². The van der Waals surface area contributed by atoms with Gasteiger partial charge in [-0.2, -0.15) is 0 Å². The van der Waals surface area contributed by atoms with Gasteiger partial charge in [-0.1, -0.05) is 6.92 Å². The summed E-state index contributed by atoms with van der Waals surface area (Å²) in [5.74, 6) is 0. The molecule has 2 aliphatic rings. The summed E-state index contributed by atoms with van der Waals surface area (Å²) in [6.07, 6.45) is 5.24. The molecule has 2 fully saturated rings. The average Bonchev–Trinajstić information content (AvgIpc) is 2.60. The van der Waals surface area contributed by atoms with Crippen LogP contribution in [0.15, 0.2) is 0 Å². The Morgan fingerprint density at radius 1 is 1.24 bits per heavy atom. The Bertz CT molecular complexity index is 334. The van der Waals surface area contributed by atoms with E-state index in [0.29, 0.717) is 6.10 Å². The van der Waals surface area contributed by atoms with E-state index < -0.39 is 0 Å². The summed E-state index contributed by atoms with van der Waals surface area (Å²) in [4.78, 5) is 5.27. The van der Waals surface area contributed by atoms with E-state index in [4.69, 9.17) is 10.5 Å². The highest BCUT2D eigenvalue weighted by molar-refractivity contribution is 4.99. The number of likely N-dealkylation sites (tertiary alicyclic amines) is 1. The molecule has 2 aliphatic heterocycles. The summed E-state index contributed by atoms with van der Waals surface area (Å²) in [7, 11) is 0. The van der Waals surface area contributed by atoms with E-state index in [2.05, 4.69) is 37.5 Å². The molecule has 2 rings (SSSR count). The van der Waals surface area contributed by atoms with Crippen LogP contribution >= 0.6 is 0 Å². The highest BCUT2D eigenvalue weighted by Crippen LogP contribution is 2.33. The van der Waals surface area contributed by atoms with Gasteiger partial charge in [-0.3, -0.25) is 4.90 Å². The van der Waals surface area contributed by atoms with Gasteiger partial charge in [0.15, 0.2) is 0 Å². The molecule has 0 spiro atoms. The zero-order valence-corrected chi connectivity index (χ0v) is 14.5. The number of hydrogen-bond acceptors (Lipinski definition) is 4. The monoisotopic (exact) mass is 297 g/mol. The minimum absolute atomic E-state index is 0.0603. The van der Waals surface area contributed by atoms with Gasteiger partial charge in [0, 0.05) is 25.2 Å².